The first-order valence-corrected chi connectivity index (χ1v) is 9.57. The molecule has 3 nitrogen and oxygen atoms in total. The molecule has 0 saturated carbocycles. The Morgan fingerprint density at radius 1 is 0.826 bits per heavy atom. The molecule has 130 valence electrons. The molecule has 23 heavy (non-hydrogen) atoms. The van der Waals surface area contributed by atoms with Crippen LogP contribution >= 0.6 is 0 Å². The number of carbonyl (C=O) groups is 1. The third kappa shape index (κ3) is 6.04. The number of esters is 1. The zero-order valence-corrected chi connectivity index (χ0v) is 14.8. The number of likely N-dealkylation sites (tertiary alicyclic amines) is 1. The van der Waals surface area contributed by atoms with Crippen LogP contribution in [0.25, 0.3) is 0 Å². The predicted molar refractivity (Wildman–Crippen MR) is 95.2 cm³/mol. The van der Waals surface area contributed by atoms with Gasteiger partial charge >= 0.3 is 5.97 Å². The van der Waals surface area contributed by atoms with Crippen LogP contribution in [0.1, 0.15) is 77.0 Å². The second kappa shape index (κ2) is 10.5. The lowest BCUT2D eigenvalue weighted by molar-refractivity contribution is -0.136. The van der Waals surface area contributed by atoms with Gasteiger partial charge in [0, 0.05) is 18.8 Å². The Morgan fingerprint density at radius 3 is 1.91 bits per heavy atom. The van der Waals surface area contributed by atoms with E-state index in [9.17, 15) is 4.79 Å². The lowest BCUT2D eigenvalue weighted by atomic mass is 10.0. The average Bonchev–Trinajstić information content (AvgIpc) is 3.10. The van der Waals surface area contributed by atoms with E-state index in [2.05, 4.69) is 17.1 Å². The molecular formula is C20H33NO2. The standard InChI is InChI=1S/C20H33NO2/c1-23-20(22)18-14-10-8-6-4-2-3-5-7-9-11-15-19(18)21-16-12-13-17-21/h14-15H,2-13,16-17H2,1H3/b18-14+,19-15+. The number of hydrogen-bond acceptors (Lipinski definition) is 3. The summed E-state index contributed by atoms with van der Waals surface area (Å²) in [6, 6.07) is 0. The number of methoxy groups -OCH3 is 1. The Bertz CT molecular complexity index is 419. The second-order valence-electron chi connectivity index (χ2n) is 6.80. The van der Waals surface area contributed by atoms with Crippen molar-refractivity contribution in [3.8, 4) is 0 Å². The van der Waals surface area contributed by atoms with Gasteiger partial charge in [-0.05, 0) is 38.5 Å². The topological polar surface area (TPSA) is 29.5 Å². The highest BCUT2D eigenvalue weighted by Crippen LogP contribution is 2.25. The van der Waals surface area contributed by atoms with Gasteiger partial charge in [0.2, 0.25) is 0 Å². The molecule has 0 aromatic rings. The van der Waals surface area contributed by atoms with E-state index in [0.29, 0.717) is 0 Å². The first kappa shape index (κ1) is 18.1. The maximum atomic E-state index is 12.3. The number of ether oxygens (including phenoxy) is 1. The fraction of sp³-hybridized carbons (Fsp3) is 0.750. The predicted octanol–water partition coefficient (Wildman–Crippen LogP) is 4.98. The summed E-state index contributed by atoms with van der Waals surface area (Å²) < 4.78 is 5.07. The molecule has 1 aliphatic carbocycles. The molecule has 3 heteroatoms. The van der Waals surface area contributed by atoms with Gasteiger partial charge in [-0.15, -0.1) is 0 Å². The van der Waals surface area contributed by atoms with Crippen LogP contribution in [-0.2, 0) is 9.53 Å². The molecule has 0 aromatic heterocycles. The van der Waals surface area contributed by atoms with E-state index in [4.69, 9.17) is 4.74 Å². The molecule has 2 aliphatic rings. The fourth-order valence-corrected chi connectivity index (χ4v) is 3.60. The molecule has 1 aliphatic heterocycles. The van der Waals surface area contributed by atoms with Crippen LogP contribution < -0.4 is 0 Å². The number of hydrogen-bond donors (Lipinski definition) is 0. The van der Waals surface area contributed by atoms with E-state index in [1.54, 1.807) is 0 Å². The molecule has 0 unspecified atom stereocenters. The van der Waals surface area contributed by atoms with Gasteiger partial charge in [0.15, 0.2) is 0 Å². The van der Waals surface area contributed by atoms with Crippen LogP contribution in [0.5, 0.6) is 0 Å². The Hall–Kier alpha value is -1.25. The third-order valence-electron chi connectivity index (χ3n) is 4.97. The quantitative estimate of drug-likeness (QED) is 0.672. The second-order valence-corrected chi connectivity index (χ2v) is 6.80. The molecular weight excluding hydrogens is 286 g/mol. The summed E-state index contributed by atoms with van der Waals surface area (Å²) in [5, 5.41) is 0. The lowest BCUT2D eigenvalue weighted by Crippen LogP contribution is -2.23. The monoisotopic (exact) mass is 319 g/mol. The van der Waals surface area contributed by atoms with Crippen molar-refractivity contribution in [3.63, 3.8) is 0 Å². The SMILES string of the molecule is COC(=O)C1=C/CCCCCCCCCC/C=C\1N1CCCC1. The van der Waals surface area contributed by atoms with Gasteiger partial charge in [0.05, 0.1) is 12.7 Å². The lowest BCUT2D eigenvalue weighted by Gasteiger charge is -2.23. The summed E-state index contributed by atoms with van der Waals surface area (Å²) in [6.07, 6.45) is 19.3. The normalized spacial score (nSPS) is 26.6. The molecule has 0 N–H and O–H groups in total. The van der Waals surface area contributed by atoms with Crippen molar-refractivity contribution in [3.05, 3.63) is 23.4 Å². The molecule has 0 atom stereocenters. The van der Waals surface area contributed by atoms with Crippen LogP contribution in [0.15, 0.2) is 23.4 Å². The zero-order chi connectivity index (χ0) is 16.3. The van der Waals surface area contributed by atoms with E-state index >= 15 is 0 Å². The van der Waals surface area contributed by atoms with Crippen molar-refractivity contribution in [2.24, 2.45) is 0 Å². The Kier molecular flexibility index (Phi) is 8.27. The van der Waals surface area contributed by atoms with E-state index in [1.165, 1.54) is 71.3 Å². The third-order valence-corrected chi connectivity index (χ3v) is 4.97. The molecule has 1 saturated heterocycles. The summed E-state index contributed by atoms with van der Waals surface area (Å²) in [5.74, 6) is -0.171. The molecule has 0 aromatic carbocycles. The highest BCUT2D eigenvalue weighted by atomic mass is 16.5. The van der Waals surface area contributed by atoms with Crippen molar-refractivity contribution >= 4 is 5.97 Å². The van der Waals surface area contributed by atoms with Gasteiger partial charge in [-0.3, -0.25) is 0 Å². The molecule has 0 bridgehead atoms. The van der Waals surface area contributed by atoms with Crippen LogP contribution in [0.4, 0.5) is 0 Å². The van der Waals surface area contributed by atoms with Gasteiger partial charge in [-0.1, -0.05) is 50.7 Å². The van der Waals surface area contributed by atoms with E-state index in [0.717, 1.165) is 37.2 Å². The first-order valence-electron chi connectivity index (χ1n) is 9.57. The minimum Gasteiger partial charge on any atom is -0.465 e. The van der Waals surface area contributed by atoms with Crippen molar-refractivity contribution < 1.29 is 9.53 Å². The van der Waals surface area contributed by atoms with Crippen molar-refractivity contribution in [2.75, 3.05) is 20.2 Å². The van der Waals surface area contributed by atoms with E-state index < -0.39 is 0 Å². The van der Waals surface area contributed by atoms with Gasteiger partial charge in [0.25, 0.3) is 0 Å². The minimum atomic E-state index is -0.171. The van der Waals surface area contributed by atoms with Gasteiger partial charge in [0.1, 0.15) is 0 Å². The highest BCUT2D eigenvalue weighted by Gasteiger charge is 2.22. The number of allylic oxidation sites excluding steroid dienone is 2. The Morgan fingerprint density at radius 2 is 1.35 bits per heavy atom. The summed E-state index contributed by atoms with van der Waals surface area (Å²) in [6.45, 7) is 2.14. The summed E-state index contributed by atoms with van der Waals surface area (Å²) in [5.41, 5.74) is 1.93. The van der Waals surface area contributed by atoms with Crippen molar-refractivity contribution in [1.82, 2.24) is 4.90 Å². The maximum Gasteiger partial charge on any atom is 0.339 e. The largest absolute Gasteiger partial charge is 0.465 e. The molecule has 0 radical (unpaired) electrons. The van der Waals surface area contributed by atoms with Crippen LogP contribution in [0, 0.1) is 0 Å². The molecule has 1 heterocycles. The van der Waals surface area contributed by atoms with E-state index in [-0.39, 0.29) is 5.97 Å². The van der Waals surface area contributed by atoms with Crippen LogP contribution in [-0.4, -0.2) is 31.1 Å². The van der Waals surface area contributed by atoms with Gasteiger partial charge < -0.3 is 9.64 Å². The first-order chi connectivity index (χ1) is 11.3. The van der Waals surface area contributed by atoms with Gasteiger partial charge in [-0.25, -0.2) is 4.79 Å². The Balaban J connectivity index is 2.16. The summed E-state index contributed by atoms with van der Waals surface area (Å²) >= 11 is 0. The van der Waals surface area contributed by atoms with Crippen molar-refractivity contribution in [2.45, 2.75) is 77.0 Å². The Labute approximate surface area is 141 Å². The van der Waals surface area contributed by atoms with E-state index in [1.807, 2.05) is 0 Å². The molecule has 1 fully saturated rings. The minimum absolute atomic E-state index is 0.171. The maximum absolute atomic E-state index is 12.3. The highest BCUT2D eigenvalue weighted by molar-refractivity contribution is 5.93. The van der Waals surface area contributed by atoms with Gasteiger partial charge in [-0.2, -0.15) is 0 Å². The van der Waals surface area contributed by atoms with Crippen LogP contribution in [0.2, 0.25) is 0 Å². The molecule has 0 amide bonds. The smallest absolute Gasteiger partial charge is 0.339 e. The fourth-order valence-electron chi connectivity index (χ4n) is 3.60. The molecule has 0 spiro atoms. The molecule has 2 rings (SSSR count). The average molecular weight is 319 g/mol. The number of rotatable bonds is 2. The van der Waals surface area contributed by atoms with Crippen LogP contribution in [0.3, 0.4) is 0 Å². The zero-order valence-electron chi connectivity index (χ0n) is 14.8. The summed E-state index contributed by atoms with van der Waals surface area (Å²) in [7, 11) is 1.50. The number of carbonyl (C=O) groups excluding carboxylic acids is 1. The summed E-state index contributed by atoms with van der Waals surface area (Å²) in [4.78, 5) is 14.7. The van der Waals surface area contributed by atoms with Crippen molar-refractivity contribution in [1.29, 1.82) is 0 Å². The number of nitrogens with zero attached hydrogens (tertiary/aromatic N) is 1.